The molecule has 31 heavy (non-hydrogen) atoms. The number of carbonyl (C=O) groups excluding carboxylic acids is 1. The first kappa shape index (κ1) is 23.3. The second kappa shape index (κ2) is 10.3. The molecule has 9 heteroatoms. The zero-order chi connectivity index (χ0) is 22.4. The molecule has 0 spiro atoms. The quantitative estimate of drug-likeness (QED) is 0.645. The molecule has 0 radical (unpaired) electrons. The molecule has 3 rings (SSSR count). The van der Waals surface area contributed by atoms with Crippen LogP contribution in [0.1, 0.15) is 26.5 Å². The van der Waals surface area contributed by atoms with Crippen LogP contribution in [0.25, 0.3) is 0 Å². The van der Waals surface area contributed by atoms with Crippen LogP contribution in [-0.4, -0.2) is 67.4 Å². The zero-order valence-corrected chi connectivity index (χ0v) is 19.1. The van der Waals surface area contributed by atoms with E-state index in [9.17, 15) is 13.2 Å². The van der Waals surface area contributed by atoms with Crippen LogP contribution in [0.15, 0.2) is 53.6 Å². The molecule has 1 aromatic heterocycles. The Morgan fingerprint density at radius 1 is 1.03 bits per heavy atom. The molecule has 1 aromatic carbocycles. The average molecular weight is 446 g/mol. The summed E-state index contributed by atoms with van der Waals surface area (Å²) in [7, 11) is -3.55. The van der Waals surface area contributed by atoms with Crippen molar-refractivity contribution in [1.29, 1.82) is 0 Å². The van der Waals surface area contributed by atoms with E-state index >= 15 is 0 Å². The van der Waals surface area contributed by atoms with Crippen molar-refractivity contribution in [2.75, 3.05) is 31.5 Å². The lowest BCUT2D eigenvalue weighted by atomic mass is 10.2. The minimum atomic E-state index is -3.55. The fourth-order valence-corrected chi connectivity index (χ4v) is 4.79. The molecule has 1 unspecified atom stereocenters. The van der Waals surface area contributed by atoms with Crippen molar-refractivity contribution in [3.8, 4) is 0 Å². The maximum atomic E-state index is 12.7. The van der Waals surface area contributed by atoms with Gasteiger partial charge in [0.2, 0.25) is 15.9 Å². The Kier molecular flexibility index (Phi) is 7.77. The van der Waals surface area contributed by atoms with Crippen LogP contribution < -0.4 is 10.0 Å². The Labute approximate surface area is 184 Å². The van der Waals surface area contributed by atoms with Gasteiger partial charge in [0.15, 0.2) is 0 Å². The summed E-state index contributed by atoms with van der Waals surface area (Å²) in [5, 5.41) is 2.89. The highest BCUT2D eigenvalue weighted by atomic mass is 32.2. The van der Waals surface area contributed by atoms with Crippen molar-refractivity contribution in [3.05, 3.63) is 54.4 Å². The number of nitrogens with one attached hydrogen (secondary N) is 2. The lowest BCUT2D eigenvalue weighted by molar-refractivity contribution is -0.121. The molecule has 0 aliphatic carbocycles. The number of anilines is 1. The van der Waals surface area contributed by atoms with Crippen molar-refractivity contribution >= 4 is 21.6 Å². The van der Waals surface area contributed by atoms with Gasteiger partial charge in [-0.2, -0.15) is 0 Å². The second-order valence-corrected chi connectivity index (χ2v) is 9.81. The Balaban J connectivity index is 1.50. The number of hydrogen-bond donors (Lipinski definition) is 2. The third-order valence-corrected chi connectivity index (χ3v) is 6.94. The molecule has 0 bridgehead atoms. The normalized spacial score (nSPS) is 16.9. The zero-order valence-electron chi connectivity index (χ0n) is 18.3. The summed E-state index contributed by atoms with van der Waals surface area (Å²) >= 11 is 0. The van der Waals surface area contributed by atoms with Crippen LogP contribution in [0.4, 0.5) is 5.69 Å². The summed E-state index contributed by atoms with van der Waals surface area (Å²) in [6, 6.07) is 11.7. The summed E-state index contributed by atoms with van der Waals surface area (Å²) in [4.78, 5) is 21.8. The van der Waals surface area contributed by atoms with E-state index < -0.39 is 10.0 Å². The topological polar surface area (TPSA) is 94.6 Å². The monoisotopic (exact) mass is 445 g/mol. The molecule has 1 fully saturated rings. The SMILES string of the molecule is CC(C)NS(=O)(=O)c1ccc(NC(=O)C(C)N2CCN(Cc3ccccn3)CC2)cc1. The third-order valence-electron chi connectivity index (χ3n) is 5.27. The van der Waals surface area contributed by atoms with Crippen molar-refractivity contribution in [1.82, 2.24) is 19.5 Å². The largest absolute Gasteiger partial charge is 0.325 e. The lowest BCUT2D eigenvalue weighted by Gasteiger charge is -2.37. The van der Waals surface area contributed by atoms with E-state index in [1.807, 2.05) is 25.1 Å². The molecule has 1 aliphatic rings. The van der Waals surface area contributed by atoms with Crippen molar-refractivity contribution in [2.24, 2.45) is 0 Å². The number of nitrogens with zero attached hydrogens (tertiary/aromatic N) is 3. The molecule has 1 aliphatic heterocycles. The second-order valence-electron chi connectivity index (χ2n) is 8.10. The predicted molar refractivity (Wildman–Crippen MR) is 121 cm³/mol. The molecule has 1 saturated heterocycles. The fourth-order valence-electron chi connectivity index (χ4n) is 3.54. The number of carbonyl (C=O) groups is 1. The molecule has 2 heterocycles. The van der Waals surface area contributed by atoms with Crippen molar-refractivity contribution < 1.29 is 13.2 Å². The Bertz CT molecular complexity index is 956. The van der Waals surface area contributed by atoms with Crippen molar-refractivity contribution in [3.63, 3.8) is 0 Å². The molecule has 168 valence electrons. The number of amides is 1. The van der Waals surface area contributed by atoms with E-state index in [1.54, 1.807) is 32.2 Å². The number of sulfonamides is 1. The fraction of sp³-hybridized carbons (Fsp3) is 0.455. The lowest BCUT2D eigenvalue weighted by Crippen LogP contribution is -2.52. The van der Waals surface area contributed by atoms with Gasteiger partial charge >= 0.3 is 0 Å². The number of rotatable bonds is 8. The molecule has 2 N–H and O–H groups in total. The molecular formula is C22H31N5O3S. The van der Waals surface area contributed by atoms with E-state index in [0.717, 1.165) is 38.4 Å². The first-order valence-corrected chi connectivity index (χ1v) is 12.0. The van der Waals surface area contributed by atoms with Crippen LogP contribution in [0.3, 0.4) is 0 Å². The number of aromatic nitrogens is 1. The number of pyridine rings is 1. The molecule has 1 amide bonds. The van der Waals surface area contributed by atoms with Gasteiger partial charge in [-0.25, -0.2) is 13.1 Å². The highest BCUT2D eigenvalue weighted by molar-refractivity contribution is 7.89. The Hall–Kier alpha value is -2.33. The van der Waals surface area contributed by atoms with Crippen LogP contribution >= 0.6 is 0 Å². The van der Waals surface area contributed by atoms with Gasteiger partial charge in [-0.3, -0.25) is 19.6 Å². The van der Waals surface area contributed by atoms with E-state index in [4.69, 9.17) is 0 Å². The maximum Gasteiger partial charge on any atom is 0.241 e. The first-order chi connectivity index (χ1) is 14.7. The summed E-state index contributed by atoms with van der Waals surface area (Å²) in [5.41, 5.74) is 1.63. The highest BCUT2D eigenvalue weighted by Gasteiger charge is 2.26. The van der Waals surface area contributed by atoms with Gasteiger partial charge in [0.25, 0.3) is 0 Å². The Morgan fingerprint density at radius 2 is 1.71 bits per heavy atom. The smallest absolute Gasteiger partial charge is 0.241 e. The average Bonchev–Trinajstić information content (AvgIpc) is 2.74. The summed E-state index contributed by atoms with van der Waals surface area (Å²) in [6.07, 6.45) is 1.81. The predicted octanol–water partition coefficient (Wildman–Crippen LogP) is 1.91. The van der Waals surface area contributed by atoms with Crippen LogP contribution in [-0.2, 0) is 21.4 Å². The van der Waals surface area contributed by atoms with E-state index in [0.29, 0.717) is 5.69 Å². The van der Waals surface area contributed by atoms with Gasteiger partial charge < -0.3 is 5.32 Å². The van der Waals surface area contributed by atoms with E-state index in [-0.39, 0.29) is 22.9 Å². The van der Waals surface area contributed by atoms with Crippen LogP contribution in [0.5, 0.6) is 0 Å². The first-order valence-electron chi connectivity index (χ1n) is 10.5. The highest BCUT2D eigenvalue weighted by Crippen LogP contribution is 2.16. The minimum Gasteiger partial charge on any atom is -0.325 e. The summed E-state index contributed by atoms with van der Waals surface area (Å²) < 4.78 is 27.0. The van der Waals surface area contributed by atoms with Crippen molar-refractivity contribution in [2.45, 2.75) is 44.3 Å². The van der Waals surface area contributed by atoms with Gasteiger partial charge in [-0.1, -0.05) is 6.07 Å². The molecule has 8 nitrogen and oxygen atoms in total. The summed E-state index contributed by atoms with van der Waals surface area (Å²) in [5.74, 6) is -0.103. The molecule has 2 aromatic rings. The van der Waals surface area contributed by atoms with Gasteiger partial charge in [0, 0.05) is 50.6 Å². The van der Waals surface area contributed by atoms with Gasteiger partial charge in [-0.05, 0) is 57.2 Å². The van der Waals surface area contributed by atoms with E-state index in [2.05, 4.69) is 24.8 Å². The maximum absolute atomic E-state index is 12.7. The van der Waals surface area contributed by atoms with Gasteiger partial charge in [-0.15, -0.1) is 0 Å². The Morgan fingerprint density at radius 3 is 2.29 bits per heavy atom. The molecule has 0 saturated carbocycles. The standard InChI is InChI=1S/C22H31N5O3S/c1-17(2)25-31(29,30)21-9-7-19(8-10-21)24-22(28)18(3)27-14-12-26(13-15-27)16-20-6-4-5-11-23-20/h4-11,17-18,25H,12-16H2,1-3H3,(H,24,28). The molecule has 1 atom stereocenters. The molecular weight excluding hydrogens is 414 g/mol. The van der Waals surface area contributed by atoms with Crippen LogP contribution in [0, 0.1) is 0 Å². The van der Waals surface area contributed by atoms with Gasteiger partial charge in [0.05, 0.1) is 16.6 Å². The number of piperazine rings is 1. The number of hydrogen-bond acceptors (Lipinski definition) is 6. The van der Waals surface area contributed by atoms with Crippen LogP contribution in [0.2, 0.25) is 0 Å². The van der Waals surface area contributed by atoms with E-state index in [1.165, 1.54) is 12.1 Å². The van der Waals surface area contributed by atoms with Gasteiger partial charge in [0.1, 0.15) is 0 Å². The minimum absolute atomic E-state index is 0.103. The third kappa shape index (κ3) is 6.57. The number of benzene rings is 1. The summed E-state index contributed by atoms with van der Waals surface area (Å²) in [6.45, 7) is 9.62.